The lowest BCUT2D eigenvalue weighted by Crippen LogP contribution is -2.50. The number of hydrazine groups is 1. The molecule has 0 aliphatic carbocycles. The summed E-state index contributed by atoms with van der Waals surface area (Å²) in [5.74, 6) is -2.47. The second-order valence-electron chi connectivity index (χ2n) is 11.3. The largest absolute Gasteiger partial charge is 0.468 e. The van der Waals surface area contributed by atoms with Crippen molar-refractivity contribution in [1.82, 2.24) is 10.0 Å². The molecule has 4 amide bonds. The van der Waals surface area contributed by atoms with Crippen molar-refractivity contribution < 1.29 is 28.0 Å². The van der Waals surface area contributed by atoms with Gasteiger partial charge in [0.2, 0.25) is 11.8 Å². The van der Waals surface area contributed by atoms with Gasteiger partial charge in [0, 0.05) is 0 Å². The predicted octanol–water partition coefficient (Wildman–Crippen LogP) is 3.93. The van der Waals surface area contributed by atoms with Crippen molar-refractivity contribution in [1.29, 1.82) is 0 Å². The minimum absolute atomic E-state index is 0.381. The quantitative estimate of drug-likeness (QED) is 0.345. The van der Waals surface area contributed by atoms with Crippen LogP contribution in [0, 0.1) is 25.7 Å². The minimum Gasteiger partial charge on any atom is -0.468 e. The molecule has 42 heavy (non-hydrogen) atoms. The van der Waals surface area contributed by atoms with Gasteiger partial charge in [0.25, 0.3) is 11.8 Å². The van der Waals surface area contributed by atoms with Gasteiger partial charge in [0.15, 0.2) is 0 Å². The number of rotatable bonds is 4. The number of furan rings is 2. The van der Waals surface area contributed by atoms with E-state index in [0.29, 0.717) is 22.9 Å². The Hall–Kier alpha value is -4.80. The average Bonchev–Trinajstić information content (AvgIpc) is 3.79. The van der Waals surface area contributed by atoms with Gasteiger partial charge in [-0.05, 0) is 73.5 Å². The summed E-state index contributed by atoms with van der Waals surface area (Å²) in [7, 11) is 0. The van der Waals surface area contributed by atoms with Gasteiger partial charge in [0.05, 0.1) is 47.8 Å². The van der Waals surface area contributed by atoms with Crippen LogP contribution in [0.25, 0.3) is 0 Å². The number of amides is 4. The lowest BCUT2D eigenvalue weighted by atomic mass is 9.87. The molecule has 4 fully saturated rings. The van der Waals surface area contributed by atoms with Gasteiger partial charge in [-0.3, -0.25) is 19.2 Å². The number of anilines is 2. The molecule has 10 heteroatoms. The maximum absolute atomic E-state index is 14.3. The monoisotopic (exact) mass is 562 g/mol. The van der Waals surface area contributed by atoms with E-state index in [2.05, 4.69) is 0 Å². The third kappa shape index (κ3) is 3.21. The molecule has 4 aromatic rings. The maximum Gasteiger partial charge on any atom is 0.253 e. The zero-order valence-electron chi connectivity index (χ0n) is 22.8. The molecule has 0 N–H and O–H groups in total. The van der Waals surface area contributed by atoms with E-state index in [-0.39, 0.29) is 11.8 Å². The van der Waals surface area contributed by atoms with Crippen LogP contribution in [-0.4, -0.2) is 45.7 Å². The number of imide groups is 2. The van der Waals surface area contributed by atoms with Crippen LogP contribution in [0.2, 0.25) is 0 Å². The summed E-state index contributed by atoms with van der Waals surface area (Å²) in [6, 6.07) is 17.9. The Labute approximate surface area is 240 Å². The molecule has 2 aromatic carbocycles. The van der Waals surface area contributed by atoms with E-state index in [1.54, 1.807) is 70.7 Å². The maximum atomic E-state index is 14.3. The smallest absolute Gasteiger partial charge is 0.253 e. The molecule has 0 radical (unpaired) electrons. The summed E-state index contributed by atoms with van der Waals surface area (Å²) in [5.41, 5.74) is 2.78. The third-order valence-corrected chi connectivity index (χ3v) is 8.91. The molecule has 0 bridgehead atoms. The predicted molar refractivity (Wildman–Crippen MR) is 148 cm³/mol. The van der Waals surface area contributed by atoms with Crippen LogP contribution in [0.4, 0.5) is 11.4 Å². The van der Waals surface area contributed by atoms with E-state index in [1.807, 2.05) is 26.0 Å². The third-order valence-electron chi connectivity index (χ3n) is 8.91. The molecule has 4 aliphatic heterocycles. The van der Waals surface area contributed by atoms with Crippen molar-refractivity contribution in [3.63, 3.8) is 0 Å². The van der Waals surface area contributed by atoms with Crippen molar-refractivity contribution in [3.8, 4) is 0 Å². The topological polar surface area (TPSA) is 108 Å². The van der Waals surface area contributed by atoms with Crippen molar-refractivity contribution in [2.24, 2.45) is 11.8 Å². The zero-order chi connectivity index (χ0) is 28.9. The second-order valence-corrected chi connectivity index (χ2v) is 11.3. The summed E-state index contributed by atoms with van der Waals surface area (Å²) in [5, 5.41) is 3.51. The summed E-state index contributed by atoms with van der Waals surface area (Å²) < 4.78 is 11.7. The first-order valence-electron chi connectivity index (χ1n) is 13.9. The van der Waals surface area contributed by atoms with Gasteiger partial charge in [-0.25, -0.2) is 19.8 Å². The van der Waals surface area contributed by atoms with Gasteiger partial charge >= 0.3 is 0 Å². The Morgan fingerprint density at radius 3 is 1.31 bits per heavy atom. The Bertz CT molecular complexity index is 1640. The van der Waals surface area contributed by atoms with Crippen molar-refractivity contribution in [2.75, 3.05) is 9.80 Å². The lowest BCUT2D eigenvalue weighted by molar-refractivity contribution is -0.136. The molecule has 6 heterocycles. The van der Waals surface area contributed by atoms with Crippen LogP contribution in [0.3, 0.4) is 0 Å². The first-order valence-corrected chi connectivity index (χ1v) is 13.9. The molecule has 8 rings (SSSR count). The molecule has 6 atom stereocenters. The van der Waals surface area contributed by atoms with Gasteiger partial charge < -0.3 is 8.83 Å². The fourth-order valence-corrected chi connectivity index (χ4v) is 7.35. The Balaban J connectivity index is 1.31. The van der Waals surface area contributed by atoms with Gasteiger partial charge in [-0.2, -0.15) is 0 Å². The number of hydrogen-bond donors (Lipinski definition) is 0. The molecular formula is C32H26N4O6. The van der Waals surface area contributed by atoms with Crippen molar-refractivity contribution in [2.45, 2.75) is 38.0 Å². The Kier molecular flexibility index (Phi) is 5.26. The molecule has 10 nitrogen and oxygen atoms in total. The molecule has 2 aromatic heterocycles. The second kappa shape index (κ2) is 8.85. The molecular weight excluding hydrogens is 536 g/mol. The van der Waals surface area contributed by atoms with E-state index in [4.69, 9.17) is 8.83 Å². The van der Waals surface area contributed by atoms with Crippen LogP contribution in [0.15, 0.2) is 94.2 Å². The van der Waals surface area contributed by atoms with Crippen LogP contribution < -0.4 is 9.80 Å². The molecule has 4 aliphatic rings. The fraction of sp³-hybridized carbons (Fsp3) is 0.250. The van der Waals surface area contributed by atoms with E-state index < -0.39 is 47.8 Å². The van der Waals surface area contributed by atoms with Crippen LogP contribution in [-0.2, 0) is 19.2 Å². The normalized spacial score (nSPS) is 29.1. The molecule has 0 unspecified atom stereocenters. The number of benzene rings is 2. The highest BCUT2D eigenvalue weighted by Gasteiger charge is 2.74. The highest BCUT2D eigenvalue weighted by Crippen LogP contribution is 2.59. The van der Waals surface area contributed by atoms with Crippen LogP contribution in [0.5, 0.6) is 0 Å². The number of fused-ring (bicyclic) bond motifs is 5. The summed E-state index contributed by atoms with van der Waals surface area (Å²) >= 11 is 0. The van der Waals surface area contributed by atoms with Gasteiger partial charge in [0.1, 0.15) is 23.6 Å². The SMILES string of the molecule is Cc1cccc(N2C(=O)[C@H]3[C@@H](C2=O)N2[C@@H](c4ccco4)[C@H]4C(=O)N(c5cccc(C)c5)C(=O)[C@@H]4N2[C@H]3c2ccco2)c1. The highest BCUT2D eigenvalue weighted by molar-refractivity contribution is 6.26. The summed E-state index contributed by atoms with van der Waals surface area (Å²) in [6.07, 6.45) is 3.01. The van der Waals surface area contributed by atoms with Crippen molar-refractivity contribution in [3.05, 3.63) is 108 Å². The first kappa shape index (κ1) is 25.0. The molecule has 210 valence electrons. The molecule has 4 saturated heterocycles. The molecule has 0 saturated carbocycles. The molecule has 0 spiro atoms. The number of nitrogens with zero attached hydrogens (tertiary/aromatic N) is 4. The first-order chi connectivity index (χ1) is 20.4. The van der Waals surface area contributed by atoms with Gasteiger partial charge in [-0.1, -0.05) is 24.3 Å². The van der Waals surface area contributed by atoms with E-state index in [1.165, 1.54) is 22.3 Å². The minimum atomic E-state index is -0.971. The van der Waals surface area contributed by atoms with Crippen LogP contribution >= 0.6 is 0 Å². The van der Waals surface area contributed by atoms with E-state index >= 15 is 0 Å². The van der Waals surface area contributed by atoms with E-state index in [9.17, 15) is 19.2 Å². The van der Waals surface area contributed by atoms with E-state index in [0.717, 1.165) is 11.1 Å². The summed E-state index contributed by atoms with van der Waals surface area (Å²) in [4.78, 5) is 59.5. The number of aryl methyl sites for hydroxylation is 2. The Morgan fingerprint density at radius 1 is 0.524 bits per heavy atom. The average molecular weight is 563 g/mol. The summed E-state index contributed by atoms with van der Waals surface area (Å²) in [6.45, 7) is 3.79. The lowest BCUT2D eigenvalue weighted by Gasteiger charge is -2.34. The van der Waals surface area contributed by atoms with Gasteiger partial charge in [-0.15, -0.1) is 0 Å². The highest BCUT2D eigenvalue weighted by atomic mass is 16.3. The number of carbonyl (C=O) groups is 4. The number of hydrogen-bond acceptors (Lipinski definition) is 8. The standard InChI is InChI=1S/C32H26N4O6/c1-17-7-3-9-19(15-17)33-29(37)23-25(21-11-5-13-41-21)36-28-24(26(22-12-6-14-42-22)35(36)27(23)31(33)39)30(38)34(32(28)40)20-10-4-8-18(2)16-20/h3-16,23-28H,1-2H3/t23-,24-,25+,26+,27-,28+/m1/s1. The number of carbonyl (C=O) groups excluding carboxylic acids is 4. The van der Waals surface area contributed by atoms with Crippen molar-refractivity contribution >= 4 is 35.0 Å². The fourth-order valence-electron chi connectivity index (χ4n) is 7.35. The van der Waals surface area contributed by atoms with Crippen LogP contribution in [0.1, 0.15) is 34.7 Å². The Morgan fingerprint density at radius 2 is 0.952 bits per heavy atom. The zero-order valence-corrected chi connectivity index (χ0v) is 22.8.